The summed E-state index contributed by atoms with van der Waals surface area (Å²) in [7, 11) is 0. The average molecular weight is 1170 g/mol. The number of hydrogen-bond donors (Lipinski definition) is 0. The number of para-hydroxylation sites is 6. The molecule has 2 aliphatic carbocycles. The molecule has 0 saturated heterocycles. The van der Waals surface area contributed by atoms with E-state index in [1.807, 2.05) is 18.2 Å². The fraction of sp³-hybridized carbons (Fsp3) is 0.0235. The molecule has 7 heteroatoms. The number of hydrogen-bond acceptors (Lipinski definition) is 3. The summed E-state index contributed by atoms with van der Waals surface area (Å²) in [5.41, 5.74) is 22.1. The van der Waals surface area contributed by atoms with E-state index in [-0.39, 0.29) is 5.92 Å². The van der Waals surface area contributed by atoms with Gasteiger partial charge in [-0.15, -0.1) is 0 Å². The molecule has 12 aromatic carbocycles. The number of nitriles is 1. The van der Waals surface area contributed by atoms with Crippen LogP contribution in [-0.4, -0.2) is 28.2 Å². The van der Waals surface area contributed by atoms with Crippen LogP contribution in [0.5, 0.6) is 0 Å². The minimum atomic E-state index is 0.198. The summed E-state index contributed by atoms with van der Waals surface area (Å²) in [5, 5.41) is 21.7. The average Bonchev–Trinajstić information content (AvgIpc) is 1.29. The Hall–Kier alpha value is -12.4. The molecule has 0 radical (unpaired) electrons. The van der Waals surface area contributed by atoms with Gasteiger partial charge >= 0.3 is 0 Å². The van der Waals surface area contributed by atoms with Gasteiger partial charge in [0, 0.05) is 88.1 Å². The lowest BCUT2D eigenvalue weighted by Gasteiger charge is -2.21. The van der Waals surface area contributed by atoms with Gasteiger partial charge in [0.15, 0.2) is 5.82 Å². The molecule has 0 N–H and O–H groups in total. The van der Waals surface area contributed by atoms with Crippen molar-refractivity contribution >= 4 is 98.9 Å². The van der Waals surface area contributed by atoms with E-state index in [4.69, 9.17) is 9.97 Å². The van der Waals surface area contributed by atoms with E-state index in [1.54, 1.807) is 0 Å². The number of allylic oxidation sites excluding steroid dienone is 4. The van der Waals surface area contributed by atoms with Crippen LogP contribution < -0.4 is 10.6 Å². The summed E-state index contributed by atoms with van der Waals surface area (Å²) in [5.74, 6) is 0.798. The van der Waals surface area contributed by atoms with Crippen molar-refractivity contribution in [1.29, 1.82) is 5.26 Å². The zero-order valence-corrected chi connectivity index (χ0v) is 49.8. The maximum Gasteiger partial charge on any atom is 0.160 e. The van der Waals surface area contributed by atoms with Gasteiger partial charge in [0.05, 0.1) is 66.8 Å². The van der Waals surface area contributed by atoms with Crippen molar-refractivity contribution in [2.75, 3.05) is 0 Å². The predicted octanol–water partition coefficient (Wildman–Crippen LogP) is 19.5. The summed E-state index contributed by atoms with van der Waals surface area (Å²) in [6.07, 6.45) is 11.8. The Morgan fingerprint density at radius 2 is 0.793 bits per heavy atom. The lowest BCUT2D eigenvalue weighted by atomic mass is 9.85. The second-order valence-electron chi connectivity index (χ2n) is 24.3. The van der Waals surface area contributed by atoms with Crippen LogP contribution in [-0.2, 0) is 0 Å². The van der Waals surface area contributed by atoms with Crippen molar-refractivity contribution in [3.8, 4) is 73.7 Å². The first-order valence-corrected chi connectivity index (χ1v) is 31.5. The van der Waals surface area contributed by atoms with Gasteiger partial charge in [-0.05, 0) is 150 Å². The highest BCUT2D eigenvalue weighted by molar-refractivity contribution is 6.15. The van der Waals surface area contributed by atoms with Crippen LogP contribution in [0, 0.1) is 17.2 Å². The van der Waals surface area contributed by atoms with E-state index in [0.29, 0.717) is 11.4 Å². The zero-order valence-electron chi connectivity index (χ0n) is 49.8. The van der Waals surface area contributed by atoms with Crippen LogP contribution in [0.4, 0.5) is 0 Å². The molecule has 17 aromatic rings. The molecule has 0 aliphatic heterocycles. The van der Waals surface area contributed by atoms with Crippen molar-refractivity contribution in [1.82, 2.24) is 28.2 Å². The van der Waals surface area contributed by atoms with Crippen LogP contribution in [0.15, 0.2) is 297 Å². The first kappa shape index (κ1) is 51.7. The summed E-state index contributed by atoms with van der Waals surface area (Å²) in [6, 6.07) is 101. The largest absolute Gasteiger partial charge is 0.309 e. The van der Waals surface area contributed by atoms with Gasteiger partial charge in [-0.1, -0.05) is 188 Å². The van der Waals surface area contributed by atoms with Crippen LogP contribution >= 0.6 is 0 Å². The lowest BCUT2D eigenvalue weighted by molar-refractivity contribution is 0.852. The molecule has 5 aromatic heterocycles. The standard InChI is InChI=1S/C85H53N7/c86-52-53-18-17-20-59(44-53)84-83-65-25-8-7-19-54(65)36-41-74(83)87-85(88-84)60-45-63(91-75-30-13-9-26-66(75)70-39-34-57(49-81(70)91)55-37-42-79-72(47-55)68-28-11-15-32-77(68)89(79)61-21-3-1-4-22-61)51-64(46-60)92-76-31-14-10-27-67(76)71-40-35-58(50-82(71)92)56-38-43-80-73(48-56)69-29-12-16-33-78(69)90(80)62-23-5-2-6-24-62/h1-35,37-51,54H,36H2. The number of aromatic nitrogens is 6. The molecule has 0 saturated carbocycles. The lowest BCUT2D eigenvalue weighted by Crippen LogP contribution is -2.38. The van der Waals surface area contributed by atoms with Gasteiger partial charge in [-0.2, -0.15) is 5.26 Å². The molecule has 5 heterocycles. The minimum Gasteiger partial charge on any atom is -0.309 e. The van der Waals surface area contributed by atoms with Crippen LogP contribution in [0.3, 0.4) is 0 Å². The highest BCUT2D eigenvalue weighted by atomic mass is 15.0. The third-order valence-electron chi connectivity index (χ3n) is 19.3. The van der Waals surface area contributed by atoms with E-state index in [1.165, 1.54) is 49.2 Å². The molecule has 0 amide bonds. The van der Waals surface area contributed by atoms with Crippen molar-refractivity contribution in [2.24, 2.45) is 5.92 Å². The third-order valence-corrected chi connectivity index (χ3v) is 19.3. The normalized spacial score (nSPS) is 13.7. The third kappa shape index (κ3) is 7.94. The monoisotopic (exact) mass is 1170 g/mol. The van der Waals surface area contributed by atoms with Gasteiger partial charge < -0.3 is 18.3 Å². The van der Waals surface area contributed by atoms with Crippen LogP contribution in [0.25, 0.3) is 167 Å². The van der Waals surface area contributed by atoms with E-state index in [9.17, 15) is 5.26 Å². The van der Waals surface area contributed by atoms with Gasteiger partial charge in [0.1, 0.15) is 0 Å². The first-order valence-electron chi connectivity index (χ1n) is 31.5. The van der Waals surface area contributed by atoms with E-state index >= 15 is 0 Å². The fourth-order valence-corrected chi connectivity index (χ4v) is 15.1. The van der Waals surface area contributed by atoms with Crippen LogP contribution in [0.2, 0.25) is 0 Å². The maximum absolute atomic E-state index is 10.3. The van der Waals surface area contributed by atoms with E-state index < -0.39 is 0 Å². The smallest absolute Gasteiger partial charge is 0.160 e. The molecule has 1 unspecified atom stereocenters. The Labute approximate surface area is 528 Å². The summed E-state index contributed by atoms with van der Waals surface area (Å²) < 4.78 is 9.65. The van der Waals surface area contributed by atoms with Crippen molar-refractivity contribution in [3.63, 3.8) is 0 Å². The van der Waals surface area contributed by atoms with Gasteiger partial charge in [-0.25, -0.2) is 9.97 Å². The number of rotatable bonds is 8. The van der Waals surface area contributed by atoms with E-state index in [0.717, 1.165) is 122 Å². The Morgan fingerprint density at radius 3 is 1.33 bits per heavy atom. The van der Waals surface area contributed by atoms with E-state index in [2.05, 4.69) is 310 Å². The van der Waals surface area contributed by atoms with Gasteiger partial charge in [-0.3, -0.25) is 0 Å². The summed E-state index contributed by atoms with van der Waals surface area (Å²) in [6.45, 7) is 0. The quantitative estimate of drug-likeness (QED) is 0.152. The SMILES string of the molecule is N#Cc1cccc(-c2nc(-c3cc(-n4c5ccccc5c5ccc(-c6ccc7c(c6)c6ccccc6n7-c6ccccc6)cc54)cc(-n4c5ccccc5c5ccc(-c6ccc7c(c6)c6ccccc6n7-c6ccccc6)cc54)c3)nc3c2=C2C=CC=CC2CC=3)c1. The first-order chi connectivity index (χ1) is 45.6. The number of nitrogens with zero attached hydrogens (tertiary/aromatic N) is 7. The highest BCUT2D eigenvalue weighted by Gasteiger charge is 2.25. The second-order valence-corrected chi connectivity index (χ2v) is 24.3. The summed E-state index contributed by atoms with van der Waals surface area (Å²) in [4.78, 5) is 11.3. The van der Waals surface area contributed by atoms with Crippen LogP contribution in [0.1, 0.15) is 12.0 Å². The van der Waals surface area contributed by atoms with Crippen molar-refractivity contribution < 1.29 is 0 Å². The Balaban J connectivity index is 0.862. The Bertz CT molecular complexity index is 5950. The molecule has 0 fully saturated rings. The molecule has 1 atom stereocenters. The topological polar surface area (TPSA) is 69.3 Å². The molecule has 0 bridgehead atoms. The van der Waals surface area contributed by atoms with Gasteiger partial charge in [0.2, 0.25) is 0 Å². The Kier molecular flexibility index (Phi) is 11.4. The zero-order chi connectivity index (χ0) is 60.5. The second kappa shape index (κ2) is 20.3. The van der Waals surface area contributed by atoms with Crippen molar-refractivity contribution in [2.45, 2.75) is 6.42 Å². The van der Waals surface area contributed by atoms with Crippen molar-refractivity contribution in [3.05, 3.63) is 313 Å². The molecule has 2 aliphatic rings. The molecule has 19 rings (SSSR count). The molecular formula is C85H53N7. The minimum absolute atomic E-state index is 0.198. The summed E-state index contributed by atoms with van der Waals surface area (Å²) >= 11 is 0. The Morgan fingerprint density at radius 1 is 0.337 bits per heavy atom. The molecule has 0 spiro atoms. The number of fused-ring (bicyclic) bond motifs is 14. The molecular weight excluding hydrogens is 1120 g/mol. The predicted molar refractivity (Wildman–Crippen MR) is 379 cm³/mol. The highest BCUT2D eigenvalue weighted by Crippen LogP contribution is 2.43. The number of benzene rings is 12. The van der Waals surface area contributed by atoms with Gasteiger partial charge in [0.25, 0.3) is 0 Å². The maximum atomic E-state index is 10.3. The molecule has 7 nitrogen and oxygen atoms in total. The molecule has 92 heavy (non-hydrogen) atoms. The fourth-order valence-electron chi connectivity index (χ4n) is 15.1. The molecule has 428 valence electrons.